The molecule has 1 saturated heterocycles. The molecular formula is C18H26ClFN2O2. The summed E-state index contributed by atoms with van der Waals surface area (Å²) in [5.74, 6) is 0.0000666. The van der Waals surface area contributed by atoms with Crippen LogP contribution in [0.5, 0.6) is 0 Å². The Balaban J connectivity index is 1.99. The number of aliphatic hydroxyl groups is 1. The number of benzene rings is 1. The molecule has 6 heteroatoms. The Kier molecular flexibility index (Phi) is 7.02. The molecule has 0 radical (unpaired) electrons. The lowest BCUT2D eigenvalue weighted by Gasteiger charge is -2.37. The number of hydrogen-bond acceptors (Lipinski definition) is 3. The van der Waals surface area contributed by atoms with Crippen molar-refractivity contribution in [2.45, 2.75) is 38.8 Å². The summed E-state index contributed by atoms with van der Waals surface area (Å²) < 4.78 is 13.9. The molecule has 1 fully saturated rings. The van der Waals surface area contributed by atoms with Gasteiger partial charge in [0.05, 0.1) is 6.04 Å². The van der Waals surface area contributed by atoms with E-state index >= 15 is 0 Å². The highest BCUT2D eigenvalue weighted by Crippen LogP contribution is 2.23. The van der Waals surface area contributed by atoms with Gasteiger partial charge < -0.3 is 10.0 Å². The molecule has 0 spiro atoms. The molecule has 0 aliphatic carbocycles. The summed E-state index contributed by atoms with van der Waals surface area (Å²) in [5, 5.41) is 9.45. The second kappa shape index (κ2) is 8.79. The molecular weight excluding hydrogens is 331 g/mol. The minimum absolute atomic E-state index is 0.0426. The lowest BCUT2D eigenvalue weighted by Crippen LogP contribution is -2.49. The van der Waals surface area contributed by atoms with E-state index in [-0.39, 0.29) is 25.1 Å². The van der Waals surface area contributed by atoms with Gasteiger partial charge in [-0.2, -0.15) is 0 Å². The van der Waals surface area contributed by atoms with Gasteiger partial charge in [0.25, 0.3) is 0 Å². The molecule has 2 unspecified atom stereocenters. The highest BCUT2D eigenvalue weighted by atomic mass is 35.5. The highest BCUT2D eigenvalue weighted by Gasteiger charge is 2.29. The van der Waals surface area contributed by atoms with E-state index in [2.05, 4.69) is 4.90 Å². The van der Waals surface area contributed by atoms with Crippen molar-refractivity contribution in [3.05, 3.63) is 34.6 Å². The van der Waals surface area contributed by atoms with Crippen LogP contribution in [-0.2, 0) is 11.3 Å². The number of carbonyl (C=O) groups is 1. The minimum atomic E-state index is -0.393. The topological polar surface area (TPSA) is 43.8 Å². The van der Waals surface area contributed by atoms with Crippen molar-refractivity contribution < 1.29 is 14.3 Å². The van der Waals surface area contributed by atoms with Crippen LogP contribution >= 0.6 is 11.6 Å². The third-order valence-corrected chi connectivity index (χ3v) is 5.18. The van der Waals surface area contributed by atoms with Crippen LogP contribution in [0, 0.1) is 11.7 Å². The van der Waals surface area contributed by atoms with E-state index in [4.69, 9.17) is 16.7 Å². The van der Waals surface area contributed by atoms with E-state index in [0.717, 1.165) is 32.4 Å². The van der Waals surface area contributed by atoms with Gasteiger partial charge in [0.2, 0.25) is 5.91 Å². The molecule has 1 aromatic carbocycles. The summed E-state index contributed by atoms with van der Waals surface area (Å²) in [6.07, 6.45) is 2.90. The number of piperidine rings is 1. The molecule has 4 nitrogen and oxygen atoms in total. The van der Waals surface area contributed by atoms with E-state index in [9.17, 15) is 9.18 Å². The highest BCUT2D eigenvalue weighted by molar-refractivity contribution is 6.31. The molecule has 1 N–H and O–H groups in total. The van der Waals surface area contributed by atoms with Crippen molar-refractivity contribution in [1.29, 1.82) is 0 Å². The molecule has 2 rings (SSSR count). The van der Waals surface area contributed by atoms with Crippen LogP contribution in [0.15, 0.2) is 18.2 Å². The van der Waals surface area contributed by atoms with Crippen LogP contribution in [0.25, 0.3) is 0 Å². The standard InChI is InChI=1S/C18H26ClFN2O2/c1-13(22-9-4-5-14(11-22)8-10-23)18(24)21(2)12-15-16(19)6-3-7-17(15)20/h3,6-7,13-14,23H,4-5,8-12H2,1-2H3. The number of rotatable bonds is 6. The van der Waals surface area contributed by atoms with Crippen molar-refractivity contribution in [3.63, 3.8) is 0 Å². The molecule has 1 heterocycles. The first-order valence-electron chi connectivity index (χ1n) is 8.46. The fourth-order valence-electron chi connectivity index (χ4n) is 3.34. The van der Waals surface area contributed by atoms with Gasteiger partial charge in [0.1, 0.15) is 5.82 Å². The third kappa shape index (κ3) is 4.68. The van der Waals surface area contributed by atoms with E-state index in [1.807, 2.05) is 6.92 Å². The number of carbonyl (C=O) groups excluding carboxylic acids is 1. The predicted molar refractivity (Wildman–Crippen MR) is 93.3 cm³/mol. The summed E-state index contributed by atoms with van der Waals surface area (Å²) in [6.45, 7) is 3.93. The SMILES string of the molecule is CC(C(=O)N(C)Cc1c(F)cccc1Cl)N1CCCC(CCO)C1. The molecule has 0 saturated carbocycles. The first-order chi connectivity index (χ1) is 11.4. The Bertz CT molecular complexity index is 548. The van der Waals surface area contributed by atoms with Gasteiger partial charge in [0.15, 0.2) is 0 Å². The zero-order valence-electron chi connectivity index (χ0n) is 14.3. The number of nitrogens with zero attached hydrogens (tertiary/aromatic N) is 2. The maximum Gasteiger partial charge on any atom is 0.239 e. The Morgan fingerprint density at radius 2 is 2.29 bits per heavy atom. The Labute approximate surface area is 148 Å². The second-order valence-electron chi connectivity index (χ2n) is 6.59. The molecule has 0 aromatic heterocycles. The van der Waals surface area contributed by atoms with Gasteiger partial charge in [-0.25, -0.2) is 4.39 Å². The summed E-state index contributed by atoms with van der Waals surface area (Å²) in [5.41, 5.74) is 0.346. The quantitative estimate of drug-likeness (QED) is 0.852. The minimum Gasteiger partial charge on any atom is -0.396 e. The fourth-order valence-corrected chi connectivity index (χ4v) is 3.56. The van der Waals surface area contributed by atoms with Crippen LogP contribution in [0.3, 0.4) is 0 Å². The largest absolute Gasteiger partial charge is 0.396 e. The second-order valence-corrected chi connectivity index (χ2v) is 6.99. The molecule has 24 heavy (non-hydrogen) atoms. The van der Waals surface area contributed by atoms with Crippen molar-refractivity contribution in [3.8, 4) is 0 Å². The van der Waals surface area contributed by atoms with Gasteiger partial charge in [-0.05, 0) is 50.8 Å². The van der Waals surface area contributed by atoms with Gasteiger partial charge in [-0.3, -0.25) is 9.69 Å². The molecule has 1 aliphatic rings. The van der Waals surface area contributed by atoms with Crippen molar-refractivity contribution in [2.75, 3.05) is 26.7 Å². The summed E-state index contributed by atoms with van der Waals surface area (Å²) in [7, 11) is 1.68. The van der Waals surface area contributed by atoms with E-state index in [1.165, 1.54) is 11.0 Å². The van der Waals surface area contributed by atoms with E-state index in [1.54, 1.807) is 19.2 Å². The summed E-state index contributed by atoms with van der Waals surface area (Å²) >= 11 is 6.05. The maximum atomic E-state index is 13.9. The van der Waals surface area contributed by atoms with Crippen LogP contribution in [-0.4, -0.2) is 53.6 Å². The molecule has 1 aliphatic heterocycles. The number of hydrogen-bond donors (Lipinski definition) is 1. The van der Waals surface area contributed by atoms with Gasteiger partial charge >= 0.3 is 0 Å². The molecule has 2 atom stereocenters. The summed E-state index contributed by atoms with van der Waals surface area (Å²) in [6, 6.07) is 4.28. The Morgan fingerprint density at radius 1 is 1.54 bits per heavy atom. The van der Waals surface area contributed by atoms with Gasteiger partial charge in [-0.1, -0.05) is 17.7 Å². The van der Waals surface area contributed by atoms with Crippen molar-refractivity contribution in [2.24, 2.45) is 5.92 Å². The first kappa shape index (κ1) is 19.2. The van der Waals surface area contributed by atoms with E-state index < -0.39 is 5.82 Å². The van der Waals surface area contributed by atoms with Crippen molar-refractivity contribution >= 4 is 17.5 Å². The van der Waals surface area contributed by atoms with Gasteiger partial charge in [0, 0.05) is 37.3 Å². The zero-order valence-corrected chi connectivity index (χ0v) is 15.1. The van der Waals surface area contributed by atoms with E-state index in [0.29, 0.717) is 16.5 Å². The number of aliphatic hydroxyl groups excluding tert-OH is 1. The smallest absolute Gasteiger partial charge is 0.239 e. The van der Waals surface area contributed by atoms with Crippen LogP contribution < -0.4 is 0 Å². The monoisotopic (exact) mass is 356 g/mol. The lowest BCUT2D eigenvalue weighted by molar-refractivity contribution is -0.136. The number of amides is 1. The van der Waals surface area contributed by atoms with Crippen LogP contribution in [0.1, 0.15) is 31.7 Å². The normalized spacial score (nSPS) is 20.0. The average molecular weight is 357 g/mol. The Hall–Kier alpha value is -1.17. The number of likely N-dealkylation sites (tertiary alicyclic amines) is 1. The average Bonchev–Trinajstić information content (AvgIpc) is 2.57. The maximum absolute atomic E-state index is 13.9. The lowest BCUT2D eigenvalue weighted by atomic mass is 9.94. The number of likely N-dealkylation sites (N-methyl/N-ethyl adjacent to an activating group) is 1. The third-order valence-electron chi connectivity index (χ3n) is 4.83. The molecule has 1 amide bonds. The Morgan fingerprint density at radius 3 is 2.96 bits per heavy atom. The molecule has 134 valence electrons. The number of halogens is 2. The molecule has 0 bridgehead atoms. The van der Waals surface area contributed by atoms with Crippen molar-refractivity contribution in [1.82, 2.24) is 9.80 Å². The molecule has 1 aromatic rings. The van der Waals surface area contributed by atoms with Gasteiger partial charge in [-0.15, -0.1) is 0 Å². The predicted octanol–water partition coefficient (Wildman–Crippen LogP) is 2.92. The van der Waals surface area contributed by atoms with Crippen LogP contribution in [0.2, 0.25) is 5.02 Å². The fraction of sp³-hybridized carbons (Fsp3) is 0.611. The van der Waals surface area contributed by atoms with Crippen LogP contribution in [0.4, 0.5) is 4.39 Å². The first-order valence-corrected chi connectivity index (χ1v) is 8.84. The summed E-state index contributed by atoms with van der Waals surface area (Å²) in [4.78, 5) is 16.4. The zero-order chi connectivity index (χ0) is 17.7.